The zero-order valence-corrected chi connectivity index (χ0v) is 14.8. The number of hydrogen-bond donors (Lipinski definition) is 1. The van der Waals surface area contributed by atoms with Gasteiger partial charge >= 0.3 is 0 Å². The molecule has 4 heterocycles. The first-order chi connectivity index (χ1) is 12.3. The highest BCUT2D eigenvalue weighted by Gasteiger charge is 2.29. The molecule has 0 atom stereocenters. The van der Waals surface area contributed by atoms with E-state index in [1.165, 1.54) is 61.7 Å². The summed E-state index contributed by atoms with van der Waals surface area (Å²) < 4.78 is 1.85. The van der Waals surface area contributed by atoms with Gasteiger partial charge < -0.3 is 9.88 Å². The highest BCUT2D eigenvalue weighted by molar-refractivity contribution is 5.93. The zero-order chi connectivity index (χ0) is 16.8. The van der Waals surface area contributed by atoms with Crippen molar-refractivity contribution in [2.24, 2.45) is 7.05 Å². The van der Waals surface area contributed by atoms with E-state index in [-0.39, 0.29) is 0 Å². The minimum atomic E-state index is 0.658. The molecule has 0 spiro atoms. The van der Waals surface area contributed by atoms with Crippen molar-refractivity contribution < 1.29 is 0 Å². The Morgan fingerprint density at radius 1 is 1.12 bits per heavy atom. The summed E-state index contributed by atoms with van der Waals surface area (Å²) in [6.45, 7) is 2.64. The lowest BCUT2D eigenvalue weighted by Crippen LogP contribution is -2.46. The van der Waals surface area contributed by atoms with Crippen molar-refractivity contribution in [2.75, 3.05) is 13.1 Å². The topological polar surface area (TPSA) is 49.7 Å². The van der Waals surface area contributed by atoms with Crippen LogP contribution in [0.15, 0.2) is 30.9 Å². The van der Waals surface area contributed by atoms with Gasteiger partial charge in [0.25, 0.3) is 0 Å². The summed E-state index contributed by atoms with van der Waals surface area (Å²) in [5, 5.41) is 5.53. The van der Waals surface area contributed by atoms with E-state index in [2.05, 4.69) is 39.6 Å². The minimum absolute atomic E-state index is 0.658. The quantitative estimate of drug-likeness (QED) is 0.794. The lowest BCUT2D eigenvalue weighted by Gasteiger charge is -2.42. The van der Waals surface area contributed by atoms with Crippen LogP contribution in [0, 0.1) is 0 Å². The van der Waals surface area contributed by atoms with Gasteiger partial charge in [-0.25, -0.2) is 4.98 Å². The highest BCUT2D eigenvalue weighted by Crippen LogP contribution is 2.37. The molecule has 3 aromatic rings. The molecule has 130 valence electrons. The number of likely N-dealkylation sites (tertiary alicyclic amines) is 1. The molecular formula is C20H25N5. The summed E-state index contributed by atoms with van der Waals surface area (Å²) in [7, 11) is 1.96. The van der Waals surface area contributed by atoms with E-state index in [4.69, 9.17) is 4.98 Å². The number of hydrogen-bond acceptors (Lipinski definition) is 3. The highest BCUT2D eigenvalue weighted by atomic mass is 15.2. The van der Waals surface area contributed by atoms with Gasteiger partial charge in [0.15, 0.2) is 0 Å². The third-order valence-corrected chi connectivity index (χ3v) is 6.14. The second-order valence-electron chi connectivity index (χ2n) is 7.66. The first kappa shape index (κ1) is 15.1. The van der Waals surface area contributed by atoms with Crippen molar-refractivity contribution in [1.29, 1.82) is 0 Å². The van der Waals surface area contributed by atoms with Crippen LogP contribution in [-0.4, -0.2) is 43.8 Å². The van der Waals surface area contributed by atoms with Crippen molar-refractivity contribution in [3.8, 4) is 11.1 Å². The van der Waals surface area contributed by atoms with Crippen LogP contribution in [-0.2, 0) is 7.05 Å². The second kappa shape index (κ2) is 5.99. The van der Waals surface area contributed by atoms with Gasteiger partial charge in [0, 0.05) is 48.2 Å². The van der Waals surface area contributed by atoms with Gasteiger partial charge in [0.1, 0.15) is 5.65 Å². The molecule has 5 heteroatoms. The van der Waals surface area contributed by atoms with E-state index in [0.717, 1.165) is 17.3 Å². The summed E-state index contributed by atoms with van der Waals surface area (Å²) in [4.78, 5) is 10.7. The number of aromatic amines is 1. The molecule has 1 aliphatic carbocycles. The van der Waals surface area contributed by atoms with Gasteiger partial charge in [-0.3, -0.25) is 4.68 Å². The Morgan fingerprint density at radius 3 is 2.64 bits per heavy atom. The van der Waals surface area contributed by atoms with Gasteiger partial charge in [-0.2, -0.15) is 5.10 Å². The maximum Gasteiger partial charge on any atom is 0.137 e. The number of rotatable bonds is 3. The largest absolute Gasteiger partial charge is 0.346 e. The van der Waals surface area contributed by atoms with Crippen molar-refractivity contribution in [3.63, 3.8) is 0 Å². The molecule has 1 N–H and O–H groups in total. The predicted octanol–water partition coefficient (Wildman–Crippen LogP) is 3.70. The number of aryl methyl sites for hydroxylation is 1. The molecule has 2 aliphatic rings. The van der Waals surface area contributed by atoms with Gasteiger partial charge in [-0.05, 0) is 62.7 Å². The summed E-state index contributed by atoms with van der Waals surface area (Å²) >= 11 is 0. The van der Waals surface area contributed by atoms with Crippen molar-refractivity contribution in [1.82, 2.24) is 24.6 Å². The molecule has 0 radical (unpaired) electrons. The molecule has 1 aliphatic heterocycles. The van der Waals surface area contributed by atoms with Crippen LogP contribution in [0.1, 0.15) is 43.6 Å². The van der Waals surface area contributed by atoms with Crippen LogP contribution in [0.4, 0.5) is 0 Å². The maximum atomic E-state index is 4.70. The summed E-state index contributed by atoms with van der Waals surface area (Å²) in [6.07, 6.45) is 14.8. The molecule has 1 saturated heterocycles. The van der Waals surface area contributed by atoms with Crippen LogP contribution in [0.25, 0.3) is 22.2 Å². The van der Waals surface area contributed by atoms with E-state index in [9.17, 15) is 0 Å². The molecule has 2 fully saturated rings. The van der Waals surface area contributed by atoms with Crippen LogP contribution in [0.5, 0.6) is 0 Å². The SMILES string of the molecule is Cn1cc(-c2c[nH]c3ncc(C4CCC(N5CCC5)CC4)cc23)cn1. The molecule has 5 nitrogen and oxygen atoms in total. The molecule has 25 heavy (non-hydrogen) atoms. The maximum absolute atomic E-state index is 4.70. The molecule has 0 unspecified atom stereocenters. The molecule has 5 rings (SSSR count). The first-order valence-corrected chi connectivity index (χ1v) is 9.48. The summed E-state index contributed by atoms with van der Waals surface area (Å²) in [5.41, 5.74) is 4.72. The lowest BCUT2D eigenvalue weighted by atomic mass is 9.81. The second-order valence-corrected chi connectivity index (χ2v) is 7.66. The van der Waals surface area contributed by atoms with Crippen molar-refractivity contribution in [3.05, 3.63) is 36.4 Å². The van der Waals surface area contributed by atoms with E-state index in [0.29, 0.717) is 5.92 Å². The fourth-order valence-electron chi connectivity index (χ4n) is 4.52. The fourth-order valence-corrected chi connectivity index (χ4v) is 4.52. The van der Waals surface area contributed by atoms with Gasteiger partial charge in [-0.1, -0.05) is 0 Å². The molecule has 3 aromatic heterocycles. The number of nitrogens with zero attached hydrogens (tertiary/aromatic N) is 4. The number of pyridine rings is 1. The minimum Gasteiger partial charge on any atom is -0.346 e. The van der Waals surface area contributed by atoms with Crippen molar-refractivity contribution in [2.45, 2.75) is 44.1 Å². The molecule has 0 aromatic carbocycles. The normalized spacial score (nSPS) is 24.5. The molecular weight excluding hydrogens is 310 g/mol. The summed E-state index contributed by atoms with van der Waals surface area (Å²) in [6, 6.07) is 3.19. The third kappa shape index (κ3) is 2.67. The average molecular weight is 335 g/mol. The Kier molecular flexibility index (Phi) is 3.63. The zero-order valence-electron chi connectivity index (χ0n) is 14.8. The van der Waals surface area contributed by atoms with Crippen LogP contribution >= 0.6 is 0 Å². The molecule has 1 saturated carbocycles. The molecule has 0 amide bonds. The lowest BCUT2D eigenvalue weighted by molar-refractivity contribution is 0.0869. The van der Waals surface area contributed by atoms with Crippen LogP contribution < -0.4 is 0 Å². The number of aromatic nitrogens is 4. The van der Waals surface area contributed by atoms with Crippen molar-refractivity contribution >= 4 is 11.0 Å². The van der Waals surface area contributed by atoms with E-state index in [1.807, 2.05) is 17.9 Å². The number of fused-ring (bicyclic) bond motifs is 1. The smallest absolute Gasteiger partial charge is 0.137 e. The predicted molar refractivity (Wildman–Crippen MR) is 99.5 cm³/mol. The number of nitrogens with one attached hydrogen (secondary N) is 1. The van der Waals surface area contributed by atoms with Gasteiger partial charge in [-0.15, -0.1) is 0 Å². The molecule has 0 bridgehead atoms. The number of H-pyrrole nitrogens is 1. The third-order valence-electron chi connectivity index (χ3n) is 6.14. The fraction of sp³-hybridized carbons (Fsp3) is 0.500. The summed E-state index contributed by atoms with van der Waals surface area (Å²) in [5.74, 6) is 0.658. The monoisotopic (exact) mass is 335 g/mol. The van der Waals surface area contributed by atoms with E-state index >= 15 is 0 Å². The Bertz CT molecular complexity index is 881. The van der Waals surface area contributed by atoms with Gasteiger partial charge in [0.2, 0.25) is 0 Å². The van der Waals surface area contributed by atoms with E-state index in [1.54, 1.807) is 0 Å². The Labute approximate surface area is 148 Å². The van der Waals surface area contributed by atoms with Crippen LogP contribution in [0.3, 0.4) is 0 Å². The first-order valence-electron chi connectivity index (χ1n) is 9.48. The van der Waals surface area contributed by atoms with Gasteiger partial charge in [0.05, 0.1) is 6.20 Å². The van der Waals surface area contributed by atoms with E-state index < -0.39 is 0 Å². The Balaban J connectivity index is 1.40. The average Bonchev–Trinajstić information content (AvgIpc) is 3.19. The Hall–Kier alpha value is -2.14. The van der Waals surface area contributed by atoms with Crippen LogP contribution in [0.2, 0.25) is 0 Å². The Morgan fingerprint density at radius 2 is 1.96 bits per heavy atom. The standard InChI is InChI=1S/C20H25N5/c1-24-13-16(11-23-24)19-12-22-20-18(19)9-15(10-21-20)14-3-5-17(6-4-14)25-7-2-8-25/h9-14,17H,2-8H2,1H3,(H,21,22).